The number of carbonyl (C=O) groups excluding carboxylic acids is 1. The number of pyridine rings is 1. The Kier molecular flexibility index (Phi) is 2.45. The average molecular weight is 236 g/mol. The molecular weight excluding hydrogens is 224 g/mol. The van der Waals surface area contributed by atoms with Crippen LogP contribution in [-0.2, 0) is 0 Å². The van der Waals surface area contributed by atoms with Gasteiger partial charge in [0.25, 0.3) is 0 Å². The average Bonchev–Trinajstić information content (AvgIpc) is 2.74. The van der Waals surface area contributed by atoms with Crippen LogP contribution in [0, 0.1) is 6.92 Å². The fourth-order valence-corrected chi connectivity index (χ4v) is 2.19. The van der Waals surface area contributed by atoms with Gasteiger partial charge in [0, 0.05) is 17.3 Å². The number of nitrogens with zero attached hydrogens (tertiary/aromatic N) is 2. The number of fused-ring (bicyclic) bond motifs is 1. The lowest BCUT2D eigenvalue weighted by atomic mass is 10.1. The summed E-state index contributed by atoms with van der Waals surface area (Å²) in [7, 11) is 0. The lowest BCUT2D eigenvalue weighted by molar-refractivity contribution is 0.112. The summed E-state index contributed by atoms with van der Waals surface area (Å²) in [5, 5.41) is 0. The summed E-state index contributed by atoms with van der Waals surface area (Å²) < 4.78 is 1.97. The van der Waals surface area contributed by atoms with E-state index >= 15 is 0 Å². The van der Waals surface area contributed by atoms with Crippen LogP contribution in [-0.4, -0.2) is 15.7 Å². The van der Waals surface area contributed by atoms with Crippen LogP contribution < -0.4 is 0 Å². The van der Waals surface area contributed by atoms with E-state index in [9.17, 15) is 4.79 Å². The summed E-state index contributed by atoms with van der Waals surface area (Å²) in [5.74, 6) is 0. The molecule has 0 aliphatic heterocycles. The summed E-state index contributed by atoms with van der Waals surface area (Å²) in [4.78, 5) is 15.4. The van der Waals surface area contributed by atoms with Crippen molar-refractivity contribution in [1.82, 2.24) is 9.38 Å². The summed E-state index contributed by atoms with van der Waals surface area (Å²) in [6.07, 6.45) is 2.67. The Morgan fingerprint density at radius 1 is 1.11 bits per heavy atom. The van der Waals surface area contributed by atoms with Crippen molar-refractivity contribution in [3.8, 4) is 11.3 Å². The van der Waals surface area contributed by atoms with E-state index in [1.165, 1.54) is 0 Å². The molecule has 88 valence electrons. The summed E-state index contributed by atoms with van der Waals surface area (Å²) in [6, 6.07) is 13.7. The van der Waals surface area contributed by atoms with E-state index < -0.39 is 0 Å². The van der Waals surface area contributed by atoms with E-state index in [0.29, 0.717) is 5.56 Å². The fraction of sp³-hybridized carbons (Fsp3) is 0.0667. The Labute approximate surface area is 105 Å². The molecule has 1 aromatic carbocycles. The highest BCUT2D eigenvalue weighted by Gasteiger charge is 2.10. The van der Waals surface area contributed by atoms with Gasteiger partial charge in [-0.05, 0) is 19.1 Å². The molecule has 18 heavy (non-hydrogen) atoms. The smallest absolute Gasteiger partial charge is 0.151 e. The molecule has 2 aromatic heterocycles. The van der Waals surface area contributed by atoms with Crippen molar-refractivity contribution in [2.75, 3.05) is 0 Å². The zero-order valence-electron chi connectivity index (χ0n) is 10.00. The van der Waals surface area contributed by atoms with E-state index in [2.05, 4.69) is 4.98 Å². The van der Waals surface area contributed by atoms with Crippen LogP contribution in [0.3, 0.4) is 0 Å². The molecule has 0 unspecified atom stereocenters. The van der Waals surface area contributed by atoms with Gasteiger partial charge in [0.1, 0.15) is 5.65 Å². The van der Waals surface area contributed by atoms with Gasteiger partial charge in [-0.1, -0.05) is 30.3 Å². The van der Waals surface area contributed by atoms with Gasteiger partial charge in [-0.3, -0.25) is 9.20 Å². The summed E-state index contributed by atoms with van der Waals surface area (Å²) >= 11 is 0. The quantitative estimate of drug-likeness (QED) is 0.641. The van der Waals surface area contributed by atoms with E-state index in [1.807, 2.05) is 53.9 Å². The van der Waals surface area contributed by atoms with Crippen molar-refractivity contribution in [3.63, 3.8) is 0 Å². The Hall–Kier alpha value is -2.42. The molecule has 0 atom stereocenters. The van der Waals surface area contributed by atoms with Crippen LogP contribution in [0.5, 0.6) is 0 Å². The normalized spacial score (nSPS) is 10.7. The SMILES string of the molecule is Cc1nc2ccc(C=O)cn2c1-c1ccccc1. The molecule has 0 bridgehead atoms. The monoisotopic (exact) mass is 236 g/mol. The second kappa shape index (κ2) is 4.11. The maximum Gasteiger partial charge on any atom is 0.151 e. The molecule has 2 heterocycles. The molecule has 0 N–H and O–H groups in total. The number of hydrogen-bond donors (Lipinski definition) is 0. The topological polar surface area (TPSA) is 34.4 Å². The van der Waals surface area contributed by atoms with Gasteiger partial charge >= 0.3 is 0 Å². The van der Waals surface area contributed by atoms with Crippen LogP contribution in [0.25, 0.3) is 16.9 Å². The number of hydrogen-bond acceptors (Lipinski definition) is 2. The van der Waals surface area contributed by atoms with Crippen molar-refractivity contribution in [3.05, 3.63) is 59.9 Å². The number of aromatic nitrogens is 2. The zero-order chi connectivity index (χ0) is 12.5. The third-order valence-electron chi connectivity index (χ3n) is 3.00. The minimum atomic E-state index is 0.650. The van der Waals surface area contributed by atoms with Crippen LogP contribution in [0.15, 0.2) is 48.7 Å². The van der Waals surface area contributed by atoms with Crippen LogP contribution >= 0.6 is 0 Å². The van der Waals surface area contributed by atoms with Crippen molar-refractivity contribution < 1.29 is 4.79 Å². The third-order valence-corrected chi connectivity index (χ3v) is 3.00. The predicted octanol–water partition coefficient (Wildman–Crippen LogP) is 3.12. The highest BCUT2D eigenvalue weighted by Crippen LogP contribution is 2.24. The van der Waals surface area contributed by atoms with Crippen molar-refractivity contribution in [1.29, 1.82) is 0 Å². The lowest BCUT2D eigenvalue weighted by Gasteiger charge is -2.03. The summed E-state index contributed by atoms with van der Waals surface area (Å²) in [5.41, 5.74) is 4.61. The first kappa shape index (κ1) is 10.7. The Bertz CT molecular complexity index is 714. The number of aryl methyl sites for hydroxylation is 1. The number of carbonyl (C=O) groups is 1. The third kappa shape index (κ3) is 1.61. The maximum atomic E-state index is 10.9. The van der Waals surface area contributed by atoms with Crippen LogP contribution in [0.4, 0.5) is 0 Å². The van der Waals surface area contributed by atoms with Crippen molar-refractivity contribution in [2.45, 2.75) is 6.92 Å². The van der Waals surface area contributed by atoms with E-state index in [0.717, 1.165) is 28.9 Å². The van der Waals surface area contributed by atoms with Gasteiger partial charge in [0.05, 0.1) is 11.4 Å². The molecule has 3 nitrogen and oxygen atoms in total. The number of aldehydes is 1. The van der Waals surface area contributed by atoms with E-state index in [4.69, 9.17) is 0 Å². The first-order valence-electron chi connectivity index (χ1n) is 5.79. The van der Waals surface area contributed by atoms with Gasteiger partial charge < -0.3 is 0 Å². The van der Waals surface area contributed by atoms with Crippen molar-refractivity contribution >= 4 is 11.9 Å². The van der Waals surface area contributed by atoms with Crippen LogP contribution in [0.2, 0.25) is 0 Å². The maximum absolute atomic E-state index is 10.9. The lowest BCUT2D eigenvalue weighted by Crippen LogP contribution is -1.91. The molecule has 0 spiro atoms. The van der Waals surface area contributed by atoms with Gasteiger partial charge in [0.2, 0.25) is 0 Å². The molecule has 0 radical (unpaired) electrons. The van der Waals surface area contributed by atoms with Gasteiger partial charge in [-0.2, -0.15) is 0 Å². The van der Waals surface area contributed by atoms with E-state index in [1.54, 1.807) is 6.07 Å². The first-order chi connectivity index (χ1) is 8.79. The van der Waals surface area contributed by atoms with Gasteiger partial charge in [0.15, 0.2) is 6.29 Å². The predicted molar refractivity (Wildman–Crippen MR) is 70.8 cm³/mol. The summed E-state index contributed by atoms with van der Waals surface area (Å²) in [6.45, 7) is 1.98. The Morgan fingerprint density at radius 2 is 1.89 bits per heavy atom. The number of benzene rings is 1. The number of rotatable bonds is 2. The minimum absolute atomic E-state index is 0.650. The Morgan fingerprint density at radius 3 is 2.61 bits per heavy atom. The second-order valence-corrected chi connectivity index (χ2v) is 4.22. The standard InChI is InChI=1S/C15H12N2O/c1-11-15(13-5-3-2-4-6-13)17-9-12(10-18)7-8-14(17)16-11/h2-10H,1H3. The molecule has 0 aliphatic rings. The molecule has 0 aliphatic carbocycles. The van der Waals surface area contributed by atoms with E-state index in [-0.39, 0.29) is 0 Å². The molecular formula is C15H12N2O. The second-order valence-electron chi connectivity index (χ2n) is 4.22. The largest absolute Gasteiger partial charge is 0.299 e. The van der Waals surface area contributed by atoms with Crippen LogP contribution in [0.1, 0.15) is 16.1 Å². The molecule has 3 aromatic rings. The molecule has 3 rings (SSSR count). The fourth-order valence-electron chi connectivity index (χ4n) is 2.19. The van der Waals surface area contributed by atoms with Crippen molar-refractivity contribution in [2.24, 2.45) is 0 Å². The zero-order valence-corrected chi connectivity index (χ0v) is 10.00. The molecule has 0 saturated carbocycles. The Balaban J connectivity index is 2.34. The molecule has 0 fully saturated rings. The minimum Gasteiger partial charge on any atom is -0.299 e. The molecule has 0 amide bonds. The highest BCUT2D eigenvalue weighted by molar-refractivity contribution is 5.76. The first-order valence-corrected chi connectivity index (χ1v) is 5.79. The van der Waals surface area contributed by atoms with Gasteiger partial charge in [-0.15, -0.1) is 0 Å². The van der Waals surface area contributed by atoms with Gasteiger partial charge in [-0.25, -0.2) is 4.98 Å². The molecule has 3 heteroatoms. The highest BCUT2D eigenvalue weighted by atomic mass is 16.1. The number of imidazole rings is 1. The molecule has 0 saturated heterocycles.